The van der Waals surface area contributed by atoms with E-state index in [9.17, 15) is 0 Å². The Kier molecular flexibility index (Phi) is 8.43. The SMILES string of the molecule is c1ccc(-c2cc(-c3cccc(-c4cccc(-c5nc(-c6ccccc6)nc(-c6cc7ccccc7c7ccccc67)n5)c4)c3)nc(-c3ccccc3)n2)cc1. The topological polar surface area (TPSA) is 64.5 Å². The minimum atomic E-state index is 0.611. The first kappa shape index (κ1) is 33.0. The minimum Gasteiger partial charge on any atom is -0.228 e. The molecule has 262 valence electrons. The Morgan fingerprint density at radius 3 is 1.32 bits per heavy atom. The molecule has 0 bridgehead atoms. The van der Waals surface area contributed by atoms with Gasteiger partial charge in [0.25, 0.3) is 0 Å². The van der Waals surface area contributed by atoms with E-state index in [4.69, 9.17) is 24.9 Å². The molecule has 0 unspecified atom stereocenters. The summed E-state index contributed by atoms with van der Waals surface area (Å²) in [6.45, 7) is 0. The molecule has 0 N–H and O–H groups in total. The van der Waals surface area contributed by atoms with Gasteiger partial charge in [-0.25, -0.2) is 24.9 Å². The Balaban J connectivity index is 1.09. The number of aromatic nitrogens is 5. The molecule has 0 saturated heterocycles. The van der Waals surface area contributed by atoms with E-state index in [0.717, 1.165) is 66.7 Å². The van der Waals surface area contributed by atoms with E-state index in [0.29, 0.717) is 23.3 Å². The van der Waals surface area contributed by atoms with Gasteiger partial charge in [0.1, 0.15) is 0 Å². The molecular formula is C51H33N5. The van der Waals surface area contributed by atoms with Crippen LogP contribution >= 0.6 is 0 Å². The van der Waals surface area contributed by atoms with Crippen molar-refractivity contribution in [3.05, 3.63) is 200 Å². The lowest BCUT2D eigenvalue weighted by atomic mass is 9.96. The van der Waals surface area contributed by atoms with Crippen molar-refractivity contribution in [1.29, 1.82) is 0 Å². The van der Waals surface area contributed by atoms with Crippen LogP contribution in [0, 0.1) is 0 Å². The monoisotopic (exact) mass is 715 g/mol. The van der Waals surface area contributed by atoms with Crippen molar-refractivity contribution in [2.45, 2.75) is 0 Å². The van der Waals surface area contributed by atoms with E-state index < -0.39 is 0 Å². The Hall–Kier alpha value is -7.63. The van der Waals surface area contributed by atoms with Crippen molar-refractivity contribution in [3.8, 4) is 79.2 Å². The molecule has 56 heavy (non-hydrogen) atoms. The van der Waals surface area contributed by atoms with Gasteiger partial charge in [-0.1, -0.05) is 176 Å². The number of hydrogen-bond acceptors (Lipinski definition) is 5. The summed E-state index contributed by atoms with van der Waals surface area (Å²) in [5.74, 6) is 2.56. The molecule has 8 aromatic carbocycles. The molecule has 10 rings (SSSR count). The molecule has 0 spiro atoms. The lowest BCUT2D eigenvalue weighted by Crippen LogP contribution is -2.01. The standard InChI is InChI=1S/C51H33N5/c1-4-16-34(17-5-1)46-33-47(53-48(52-46)35-18-6-2-7-19-35)40-25-14-23-37(30-40)38-24-15-26-41(31-38)50-54-49(36-20-8-3-9-21-36)55-51(56-50)45-32-39-22-10-11-27-42(39)43-28-12-13-29-44(43)45/h1-33H. The van der Waals surface area contributed by atoms with Gasteiger partial charge in [0, 0.05) is 33.4 Å². The fourth-order valence-electron chi connectivity index (χ4n) is 7.35. The van der Waals surface area contributed by atoms with Crippen LogP contribution in [-0.4, -0.2) is 24.9 Å². The van der Waals surface area contributed by atoms with E-state index in [1.54, 1.807) is 0 Å². The molecule has 0 aliphatic carbocycles. The summed E-state index contributed by atoms with van der Waals surface area (Å²) in [4.78, 5) is 25.4. The largest absolute Gasteiger partial charge is 0.228 e. The second-order valence-corrected chi connectivity index (χ2v) is 13.7. The zero-order valence-electron chi connectivity index (χ0n) is 30.3. The lowest BCUT2D eigenvalue weighted by molar-refractivity contribution is 1.08. The van der Waals surface area contributed by atoms with E-state index in [2.05, 4.69) is 121 Å². The molecule has 2 heterocycles. The first-order chi connectivity index (χ1) is 27.7. The summed E-state index contributed by atoms with van der Waals surface area (Å²) in [6.07, 6.45) is 0. The van der Waals surface area contributed by atoms with Gasteiger partial charge in [-0.2, -0.15) is 0 Å². The van der Waals surface area contributed by atoms with Crippen LogP contribution in [0.5, 0.6) is 0 Å². The zero-order valence-corrected chi connectivity index (χ0v) is 30.3. The number of benzene rings is 8. The summed E-state index contributed by atoms with van der Waals surface area (Å²) in [7, 11) is 0. The van der Waals surface area contributed by atoms with E-state index >= 15 is 0 Å². The summed E-state index contributed by atoms with van der Waals surface area (Å²) >= 11 is 0. The Morgan fingerprint density at radius 2 is 0.661 bits per heavy atom. The summed E-state index contributed by atoms with van der Waals surface area (Å²) in [5.41, 5.74) is 9.65. The van der Waals surface area contributed by atoms with E-state index in [1.807, 2.05) is 78.9 Å². The average molecular weight is 716 g/mol. The summed E-state index contributed by atoms with van der Waals surface area (Å²) < 4.78 is 0. The molecule has 0 aliphatic rings. The fraction of sp³-hybridized carbons (Fsp3) is 0. The Morgan fingerprint density at radius 1 is 0.232 bits per heavy atom. The van der Waals surface area contributed by atoms with Crippen LogP contribution < -0.4 is 0 Å². The van der Waals surface area contributed by atoms with Crippen molar-refractivity contribution in [3.63, 3.8) is 0 Å². The number of rotatable bonds is 7. The molecule has 0 radical (unpaired) electrons. The molecule has 5 nitrogen and oxygen atoms in total. The predicted octanol–water partition coefficient (Wildman–Crippen LogP) is 12.6. The van der Waals surface area contributed by atoms with Gasteiger partial charge < -0.3 is 0 Å². The van der Waals surface area contributed by atoms with E-state index in [1.165, 1.54) is 10.8 Å². The maximum absolute atomic E-state index is 5.19. The van der Waals surface area contributed by atoms with Gasteiger partial charge in [-0.3, -0.25) is 0 Å². The van der Waals surface area contributed by atoms with Crippen molar-refractivity contribution >= 4 is 21.5 Å². The number of nitrogens with zero attached hydrogens (tertiary/aromatic N) is 5. The van der Waals surface area contributed by atoms with Gasteiger partial charge in [0.2, 0.25) is 0 Å². The van der Waals surface area contributed by atoms with Gasteiger partial charge in [-0.05, 0) is 56.9 Å². The number of hydrogen-bond donors (Lipinski definition) is 0. The molecule has 10 aromatic rings. The molecule has 0 aliphatic heterocycles. The quantitative estimate of drug-likeness (QED) is 0.154. The van der Waals surface area contributed by atoms with Gasteiger partial charge >= 0.3 is 0 Å². The van der Waals surface area contributed by atoms with Crippen molar-refractivity contribution in [2.75, 3.05) is 0 Å². The van der Waals surface area contributed by atoms with Crippen LogP contribution in [0.15, 0.2) is 200 Å². The third kappa shape index (κ3) is 6.37. The van der Waals surface area contributed by atoms with Crippen LogP contribution in [-0.2, 0) is 0 Å². The summed E-state index contributed by atoms with van der Waals surface area (Å²) in [5, 5.41) is 4.61. The number of fused-ring (bicyclic) bond motifs is 3. The zero-order chi connectivity index (χ0) is 37.3. The van der Waals surface area contributed by atoms with E-state index in [-0.39, 0.29) is 0 Å². The highest BCUT2D eigenvalue weighted by Crippen LogP contribution is 2.36. The van der Waals surface area contributed by atoms with Crippen molar-refractivity contribution in [2.24, 2.45) is 0 Å². The highest BCUT2D eigenvalue weighted by molar-refractivity contribution is 6.13. The minimum absolute atomic E-state index is 0.611. The fourth-order valence-corrected chi connectivity index (χ4v) is 7.35. The Labute approximate surface area is 324 Å². The van der Waals surface area contributed by atoms with Crippen LogP contribution in [0.3, 0.4) is 0 Å². The third-order valence-electron chi connectivity index (χ3n) is 10.1. The normalized spacial score (nSPS) is 11.2. The third-order valence-corrected chi connectivity index (χ3v) is 10.1. The molecule has 2 aromatic heterocycles. The summed E-state index contributed by atoms with van der Waals surface area (Å²) in [6, 6.07) is 68.7. The highest BCUT2D eigenvalue weighted by atomic mass is 15.0. The average Bonchev–Trinajstić information content (AvgIpc) is 3.29. The molecule has 0 atom stereocenters. The first-order valence-corrected chi connectivity index (χ1v) is 18.7. The Bertz CT molecular complexity index is 2960. The molecule has 0 saturated carbocycles. The molecule has 5 heteroatoms. The van der Waals surface area contributed by atoms with Gasteiger partial charge in [-0.15, -0.1) is 0 Å². The molecule has 0 amide bonds. The maximum atomic E-state index is 5.19. The smallest absolute Gasteiger partial charge is 0.164 e. The highest BCUT2D eigenvalue weighted by Gasteiger charge is 2.17. The second-order valence-electron chi connectivity index (χ2n) is 13.7. The molecule has 0 fully saturated rings. The van der Waals surface area contributed by atoms with Crippen LogP contribution in [0.25, 0.3) is 101 Å². The predicted molar refractivity (Wildman–Crippen MR) is 228 cm³/mol. The second kappa shape index (κ2) is 14.3. The molecular weight excluding hydrogens is 683 g/mol. The van der Waals surface area contributed by atoms with Crippen LogP contribution in [0.1, 0.15) is 0 Å². The lowest BCUT2D eigenvalue weighted by Gasteiger charge is -2.13. The van der Waals surface area contributed by atoms with Crippen molar-refractivity contribution < 1.29 is 0 Å². The van der Waals surface area contributed by atoms with Crippen molar-refractivity contribution in [1.82, 2.24) is 24.9 Å². The van der Waals surface area contributed by atoms with Crippen LogP contribution in [0.4, 0.5) is 0 Å². The maximum Gasteiger partial charge on any atom is 0.164 e. The van der Waals surface area contributed by atoms with Gasteiger partial charge in [0.15, 0.2) is 23.3 Å². The van der Waals surface area contributed by atoms with Gasteiger partial charge in [0.05, 0.1) is 11.4 Å². The van der Waals surface area contributed by atoms with Crippen LogP contribution in [0.2, 0.25) is 0 Å². The first-order valence-electron chi connectivity index (χ1n) is 18.7.